The molecule has 0 amide bonds. The molecule has 1 rings (SSSR count). The van der Waals surface area contributed by atoms with E-state index in [1.807, 2.05) is 33.0 Å². The Morgan fingerprint density at radius 3 is 2.53 bits per heavy atom. The first kappa shape index (κ1) is 13.6. The van der Waals surface area contributed by atoms with E-state index < -0.39 is 0 Å². The van der Waals surface area contributed by atoms with Gasteiger partial charge in [-0.2, -0.15) is 0 Å². The summed E-state index contributed by atoms with van der Waals surface area (Å²) in [5.41, 5.74) is 1.19. The third-order valence-electron chi connectivity index (χ3n) is 3.17. The third-order valence-corrected chi connectivity index (χ3v) is 3.17. The zero-order chi connectivity index (χ0) is 12.8. The maximum absolute atomic E-state index is 11.5. The summed E-state index contributed by atoms with van der Waals surface area (Å²) >= 11 is 0. The van der Waals surface area contributed by atoms with Gasteiger partial charge in [-0.25, -0.2) is 0 Å². The molecular weight excluding hydrogens is 216 g/mol. The largest absolute Gasteiger partial charge is 0.469 e. The van der Waals surface area contributed by atoms with E-state index in [1.165, 1.54) is 12.7 Å². The van der Waals surface area contributed by atoms with Gasteiger partial charge in [0.2, 0.25) is 0 Å². The lowest BCUT2D eigenvalue weighted by atomic mass is 10.0. The Bertz CT molecular complexity index is 354. The van der Waals surface area contributed by atoms with E-state index in [-0.39, 0.29) is 17.9 Å². The fourth-order valence-electron chi connectivity index (χ4n) is 1.68. The van der Waals surface area contributed by atoms with Crippen molar-refractivity contribution in [1.82, 2.24) is 9.88 Å². The second-order valence-corrected chi connectivity index (χ2v) is 4.32. The lowest BCUT2D eigenvalue weighted by molar-refractivity contribution is -0.146. The molecule has 0 aliphatic heterocycles. The van der Waals surface area contributed by atoms with Gasteiger partial charge in [-0.1, -0.05) is 6.92 Å². The highest BCUT2D eigenvalue weighted by molar-refractivity contribution is 5.72. The summed E-state index contributed by atoms with van der Waals surface area (Å²) in [7, 11) is 3.43. The van der Waals surface area contributed by atoms with Gasteiger partial charge in [-0.3, -0.25) is 14.7 Å². The molecule has 1 aromatic heterocycles. The lowest BCUT2D eigenvalue weighted by Gasteiger charge is -2.28. The quantitative estimate of drug-likeness (QED) is 0.730. The molecule has 0 aromatic carbocycles. The van der Waals surface area contributed by atoms with Gasteiger partial charge in [0.15, 0.2) is 0 Å². The van der Waals surface area contributed by atoms with Crippen LogP contribution in [0.3, 0.4) is 0 Å². The number of aromatic nitrogens is 1. The zero-order valence-electron chi connectivity index (χ0n) is 10.9. The fraction of sp³-hybridized carbons (Fsp3) is 0.538. The molecule has 0 aliphatic rings. The highest BCUT2D eigenvalue weighted by atomic mass is 16.5. The Kier molecular flexibility index (Phi) is 5.10. The van der Waals surface area contributed by atoms with Crippen LogP contribution >= 0.6 is 0 Å². The predicted molar refractivity (Wildman–Crippen MR) is 66.3 cm³/mol. The zero-order valence-corrected chi connectivity index (χ0v) is 10.9. The van der Waals surface area contributed by atoms with E-state index in [0.717, 1.165) is 6.54 Å². The Balaban J connectivity index is 2.58. The van der Waals surface area contributed by atoms with E-state index in [2.05, 4.69) is 9.88 Å². The minimum Gasteiger partial charge on any atom is -0.469 e. The fourth-order valence-corrected chi connectivity index (χ4v) is 1.68. The topological polar surface area (TPSA) is 42.4 Å². The number of hydrogen-bond acceptors (Lipinski definition) is 4. The van der Waals surface area contributed by atoms with Crippen LogP contribution in [-0.2, 0) is 16.1 Å². The van der Waals surface area contributed by atoms with Gasteiger partial charge in [0.1, 0.15) is 0 Å². The van der Waals surface area contributed by atoms with Crippen LogP contribution in [0.5, 0.6) is 0 Å². The van der Waals surface area contributed by atoms with Crippen molar-refractivity contribution in [1.29, 1.82) is 0 Å². The van der Waals surface area contributed by atoms with Crippen LogP contribution in [-0.4, -0.2) is 36.1 Å². The minimum absolute atomic E-state index is 0.133. The number of methoxy groups -OCH3 is 1. The molecule has 17 heavy (non-hydrogen) atoms. The molecule has 0 aliphatic carbocycles. The number of rotatable bonds is 5. The number of carbonyl (C=O) groups excluding carboxylic acids is 1. The van der Waals surface area contributed by atoms with Crippen molar-refractivity contribution in [2.24, 2.45) is 5.92 Å². The Labute approximate surface area is 103 Å². The molecule has 1 heterocycles. The normalized spacial score (nSPS) is 14.4. The average Bonchev–Trinajstić information content (AvgIpc) is 2.37. The maximum Gasteiger partial charge on any atom is 0.309 e. The molecule has 0 spiro atoms. The lowest BCUT2D eigenvalue weighted by Crippen LogP contribution is -2.37. The molecule has 4 heteroatoms. The van der Waals surface area contributed by atoms with Crippen LogP contribution < -0.4 is 0 Å². The molecular formula is C13H20N2O2. The highest BCUT2D eigenvalue weighted by Crippen LogP contribution is 2.13. The molecule has 0 saturated heterocycles. The van der Waals surface area contributed by atoms with Crippen molar-refractivity contribution in [3.8, 4) is 0 Å². The molecule has 94 valence electrons. The molecule has 0 radical (unpaired) electrons. The minimum atomic E-state index is -0.168. The Hall–Kier alpha value is -1.42. The van der Waals surface area contributed by atoms with Gasteiger partial charge in [-0.15, -0.1) is 0 Å². The van der Waals surface area contributed by atoms with E-state index in [4.69, 9.17) is 4.74 Å². The van der Waals surface area contributed by atoms with Crippen LogP contribution in [0.4, 0.5) is 0 Å². The van der Waals surface area contributed by atoms with Crippen molar-refractivity contribution >= 4 is 5.97 Å². The summed E-state index contributed by atoms with van der Waals surface area (Å²) in [5, 5.41) is 0. The number of carbonyl (C=O) groups is 1. The van der Waals surface area contributed by atoms with E-state index >= 15 is 0 Å². The van der Waals surface area contributed by atoms with Gasteiger partial charge in [-0.05, 0) is 31.7 Å². The number of ether oxygens (including phenoxy) is 1. The van der Waals surface area contributed by atoms with E-state index in [9.17, 15) is 4.79 Å². The van der Waals surface area contributed by atoms with Crippen LogP contribution in [0.15, 0.2) is 24.5 Å². The molecule has 0 bridgehead atoms. The number of hydrogen-bond donors (Lipinski definition) is 0. The van der Waals surface area contributed by atoms with E-state index in [0.29, 0.717) is 0 Å². The number of pyridine rings is 1. The average molecular weight is 236 g/mol. The monoisotopic (exact) mass is 236 g/mol. The maximum atomic E-state index is 11.5. The summed E-state index contributed by atoms with van der Waals surface area (Å²) in [4.78, 5) is 17.6. The molecule has 0 saturated carbocycles. The molecule has 2 atom stereocenters. The molecule has 0 fully saturated rings. The third kappa shape index (κ3) is 3.82. The summed E-state index contributed by atoms with van der Waals surface area (Å²) in [6.07, 6.45) is 3.55. The molecule has 1 aromatic rings. The van der Waals surface area contributed by atoms with Crippen LogP contribution in [0.25, 0.3) is 0 Å². The Morgan fingerprint density at radius 2 is 2.00 bits per heavy atom. The van der Waals surface area contributed by atoms with Crippen molar-refractivity contribution in [3.63, 3.8) is 0 Å². The summed E-state index contributed by atoms with van der Waals surface area (Å²) in [6, 6.07) is 4.09. The highest BCUT2D eigenvalue weighted by Gasteiger charge is 2.24. The van der Waals surface area contributed by atoms with Gasteiger partial charge in [0.25, 0.3) is 0 Å². The SMILES string of the molecule is COC(=O)C(C)C(C)N(C)Cc1ccncc1. The van der Waals surface area contributed by atoms with Crippen molar-refractivity contribution < 1.29 is 9.53 Å². The number of nitrogens with zero attached hydrogens (tertiary/aromatic N) is 2. The predicted octanol–water partition coefficient (Wildman–Crippen LogP) is 1.71. The summed E-state index contributed by atoms with van der Waals surface area (Å²) < 4.78 is 4.76. The second kappa shape index (κ2) is 6.35. The van der Waals surface area contributed by atoms with Crippen LogP contribution in [0.1, 0.15) is 19.4 Å². The summed E-state index contributed by atoms with van der Waals surface area (Å²) in [6.45, 7) is 4.72. The number of esters is 1. The van der Waals surface area contributed by atoms with Gasteiger partial charge in [0.05, 0.1) is 13.0 Å². The van der Waals surface area contributed by atoms with E-state index in [1.54, 1.807) is 12.4 Å². The van der Waals surface area contributed by atoms with Crippen molar-refractivity contribution in [3.05, 3.63) is 30.1 Å². The first-order chi connectivity index (χ1) is 8.06. The van der Waals surface area contributed by atoms with Gasteiger partial charge >= 0.3 is 5.97 Å². The second-order valence-electron chi connectivity index (χ2n) is 4.32. The van der Waals surface area contributed by atoms with Gasteiger partial charge in [0, 0.05) is 25.0 Å². The first-order valence-electron chi connectivity index (χ1n) is 5.73. The Morgan fingerprint density at radius 1 is 1.41 bits per heavy atom. The van der Waals surface area contributed by atoms with Crippen LogP contribution in [0.2, 0.25) is 0 Å². The van der Waals surface area contributed by atoms with Crippen LogP contribution in [0, 0.1) is 5.92 Å². The standard InChI is InChI=1S/C13H20N2O2/c1-10(13(16)17-4)11(2)15(3)9-12-5-7-14-8-6-12/h5-8,10-11H,9H2,1-4H3. The molecule has 0 N–H and O–H groups in total. The van der Waals surface area contributed by atoms with Crippen molar-refractivity contribution in [2.45, 2.75) is 26.4 Å². The van der Waals surface area contributed by atoms with Crippen molar-refractivity contribution in [2.75, 3.05) is 14.2 Å². The molecule has 2 unspecified atom stereocenters. The first-order valence-corrected chi connectivity index (χ1v) is 5.73. The summed E-state index contributed by atoms with van der Waals surface area (Å²) in [5.74, 6) is -0.300. The molecule has 4 nitrogen and oxygen atoms in total. The van der Waals surface area contributed by atoms with Gasteiger partial charge < -0.3 is 4.74 Å². The smallest absolute Gasteiger partial charge is 0.309 e.